The summed E-state index contributed by atoms with van der Waals surface area (Å²) in [6, 6.07) is 26.7. The normalized spacial score (nSPS) is 20.9. The smallest absolute Gasteiger partial charge is 0.337 e. The maximum atomic E-state index is 12.9. The highest BCUT2D eigenvalue weighted by atomic mass is 16.6. The summed E-state index contributed by atoms with van der Waals surface area (Å²) >= 11 is 0. The molecule has 0 bridgehead atoms. The Kier molecular flexibility index (Phi) is 5.89. The van der Waals surface area contributed by atoms with Crippen molar-refractivity contribution in [1.82, 2.24) is 5.32 Å². The maximum Gasteiger partial charge on any atom is 0.337 e. The van der Waals surface area contributed by atoms with E-state index in [1.807, 2.05) is 84.9 Å². The van der Waals surface area contributed by atoms with Crippen molar-refractivity contribution in [1.29, 1.82) is 0 Å². The van der Waals surface area contributed by atoms with Gasteiger partial charge in [-0.15, -0.1) is 0 Å². The molecule has 5 nitrogen and oxygen atoms in total. The monoisotopic (exact) mass is 389 g/mol. The first-order valence-electron chi connectivity index (χ1n) is 9.55. The first kappa shape index (κ1) is 19.2. The minimum Gasteiger partial charge on any atom is -0.497 e. The zero-order valence-electron chi connectivity index (χ0n) is 16.2. The number of carbonyl (C=O) groups excluding carboxylic acids is 1. The second kappa shape index (κ2) is 8.90. The molecule has 29 heavy (non-hydrogen) atoms. The molecule has 3 unspecified atom stereocenters. The molecule has 1 saturated heterocycles. The number of nitrogens with one attached hydrogen (secondary N) is 1. The molecular weight excluding hydrogens is 366 g/mol. The van der Waals surface area contributed by atoms with Crippen LogP contribution in [0.25, 0.3) is 0 Å². The Morgan fingerprint density at radius 3 is 2.21 bits per heavy atom. The summed E-state index contributed by atoms with van der Waals surface area (Å²) in [5, 5.41) is 3.43. The number of hydrogen-bond donors (Lipinski definition) is 1. The molecule has 1 aliphatic rings. The van der Waals surface area contributed by atoms with Gasteiger partial charge in [-0.1, -0.05) is 72.8 Å². The van der Waals surface area contributed by atoms with E-state index in [0.29, 0.717) is 0 Å². The highest BCUT2D eigenvalue weighted by molar-refractivity contribution is 5.76. The lowest BCUT2D eigenvalue weighted by Crippen LogP contribution is -2.30. The van der Waals surface area contributed by atoms with Crippen LogP contribution in [0.4, 0.5) is 0 Å². The number of hydrogen-bond acceptors (Lipinski definition) is 5. The Balaban J connectivity index is 1.52. The number of esters is 1. The van der Waals surface area contributed by atoms with E-state index < -0.39 is 12.3 Å². The van der Waals surface area contributed by atoms with Crippen molar-refractivity contribution in [3.63, 3.8) is 0 Å². The van der Waals surface area contributed by atoms with Crippen molar-refractivity contribution in [3.05, 3.63) is 102 Å². The summed E-state index contributed by atoms with van der Waals surface area (Å²) < 4.78 is 16.9. The third-order valence-electron chi connectivity index (χ3n) is 4.95. The first-order chi connectivity index (χ1) is 14.2. The number of carbonyl (C=O) groups is 1. The second-order valence-corrected chi connectivity index (χ2v) is 6.86. The molecular formula is C24H23NO4. The van der Waals surface area contributed by atoms with Crippen LogP contribution >= 0.6 is 0 Å². The molecule has 0 spiro atoms. The van der Waals surface area contributed by atoms with Gasteiger partial charge in [0.2, 0.25) is 0 Å². The Bertz CT molecular complexity index is 928. The molecule has 1 fully saturated rings. The van der Waals surface area contributed by atoms with Crippen LogP contribution in [0.2, 0.25) is 0 Å². The lowest BCUT2D eigenvalue weighted by Gasteiger charge is -2.17. The number of benzene rings is 3. The highest BCUT2D eigenvalue weighted by Gasteiger charge is 2.41. The van der Waals surface area contributed by atoms with Crippen LogP contribution in [0.5, 0.6) is 5.75 Å². The Morgan fingerprint density at radius 1 is 0.897 bits per heavy atom. The lowest BCUT2D eigenvalue weighted by atomic mass is 10.0. The molecule has 0 aliphatic carbocycles. The van der Waals surface area contributed by atoms with E-state index in [1.54, 1.807) is 7.11 Å². The molecule has 0 amide bonds. The number of rotatable bonds is 6. The third kappa shape index (κ3) is 4.47. The molecule has 1 N–H and O–H groups in total. The van der Waals surface area contributed by atoms with Crippen LogP contribution in [-0.4, -0.2) is 19.2 Å². The van der Waals surface area contributed by atoms with Crippen molar-refractivity contribution in [2.24, 2.45) is 0 Å². The summed E-state index contributed by atoms with van der Waals surface area (Å²) in [5.74, 6) is 0.386. The van der Waals surface area contributed by atoms with E-state index in [4.69, 9.17) is 14.2 Å². The summed E-state index contributed by atoms with van der Waals surface area (Å²) in [6.07, 6.45) is -1.16. The van der Waals surface area contributed by atoms with Gasteiger partial charge in [0.25, 0.3) is 0 Å². The highest BCUT2D eigenvalue weighted by Crippen LogP contribution is 2.35. The van der Waals surface area contributed by atoms with Gasteiger partial charge in [0.1, 0.15) is 18.6 Å². The zero-order valence-corrected chi connectivity index (χ0v) is 16.2. The fourth-order valence-electron chi connectivity index (χ4n) is 3.40. The topological polar surface area (TPSA) is 56.8 Å². The summed E-state index contributed by atoms with van der Waals surface area (Å²) in [5.41, 5.74) is 2.84. The molecule has 0 radical (unpaired) electrons. The van der Waals surface area contributed by atoms with Gasteiger partial charge in [0.15, 0.2) is 6.10 Å². The largest absolute Gasteiger partial charge is 0.497 e. The lowest BCUT2D eigenvalue weighted by molar-refractivity contribution is -0.158. The van der Waals surface area contributed by atoms with E-state index in [-0.39, 0.29) is 18.6 Å². The van der Waals surface area contributed by atoms with E-state index in [9.17, 15) is 4.79 Å². The molecule has 3 aromatic rings. The summed E-state index contributed by atoms with van der Waals surface area (Å²) in [4.78, 5) is 12.9. The van der Waals surface area contributed by atoms with Crippen molar-refractivity contribution >= 4 is 5.97 Å². The van der Waals surface area contributed by atoms with Gasteiger partial charge in [-0.3, -0.25) is 5.32 Å². The molecule has 0 aromatic heterocycles. The van der Waals surface area contributed by atoms with Crippen molar-refractivity contribution in [3.8, 4) is 5.75 Å². The average molecular weight is 389 g/mol. The van der Waals surface area contributed by atoms with Gasteiger partial charge < -0.3 is 14.2 Å². The molecule has 3 aromatic carbocycles. The predicted octanol–water partition coefficient (Wildman–Crippen LogP) is 4.17. The molecule has 3 atom stereocenters. The number of methoxy groups -OCH3 is 1. The SMILES string of the molecule is COc1ccc(C2NC(c3ccccc3)C(C(=O)OCc3ccccc3)O2)cc1. The van der Waals surface area contributed by atoms with E-state index in [1.165, 1.54) is 0 Å². The molecule has 148 valence electrons. The Morgan fingerprint density at radius 2 is 1.55 bits per heavy atom. The standard InChI is InChI=1S/C24H23NO4/c1-27-20-14-12-19(13-15-20)23-25-21(18-10-6-3-7-11-18)22(29-23)24(26)28-16-17-8-4-2-5-9-17/h2-15,21-23,25H,16H2,1H3. The van der Waals surface area contributed by atoms with E-state index in [2.05, 4.69) is 5.32 Å². The van der Waals surface area contributed by atoms with E-state index in [0.717, 1.165) is 22.4 Å². The van der Waals surface area contributed by atoms with Gasteiger partial charge >= 0.3 is 5.97 Å². The van der Waals surface area contributed by atoms with E-state index >= 15 is 0 Å². The van der Waals surface area contributed by atoms with Crippen LogP contribution < -0.4 is 10.1 Å². The zero-order chi connectivity index (χ0) is 20.1. The summed E-state index contributed by atoms with van der Waals surface area (Å²) in [7, 11) is 1.63. The first-order valence-corrected chi connectivity index (χ1v) is 9.55. The van der Waals surface area contributed by atoms with Gasteiger partial charge in [-0.2, -0.15) is 0 Å². The molecule has 5 heteroatoms. The fraction of sp³-hybridized carbons (Fsp3) is 0.208. The van der Waals surface area contributed by atoms with Crippen LogP contribution in [0.15, 0.2) is 84.9 Å². The van der Waals surface area contributed by atoms with Crippen molar-refractivity contribution < 1.29 is 19.0 Å². The maximum absolute atomic E-state index is 12.9. The van der Waals surface area contributed by atoms with Crippen LogP contribution in [-0.2, 0) is 20.9 Å². The fourth-order valence-corrected chi connectivity index (χ4v) is 3.40. The van der Waals surface area contributed by atoms with Gasteiger partial charge in [-0.25, -0.2) is 4.79 Å². The molecule has 1 aliphatic heterocycles. The van der Waals surface area contributed by atoms with Gasteiger partial charge in [-0.05, 0) is 28.8 Å². The van der Waals surface area contributed by atoms with Crippen molar-refractivity contribution in [2.45, 2.75) is 25.0 Å². The van der Waals surface area contributed by atoms with Crippen LogP contribution in [0.1, 0.15) is 29.0 Å². The van der Waals surface area contributed by atoms with Gasteiger partial charge in [0.05, 0.1) is 13.2 Å². The van der Waals surface area contributed by atoms with Crippen LogP contribution in [0, 0.1) is 0 Å². The second-order valence-electron chi connectivity index (χ2n) is 6.86. The Hall–Kier alpha value is -3.15. The van der Waals surface area contributed by atoms with Gasteiger partial charge in [0, 0.05) is 0 Å². The predicted molar refractivity (Wildman–Crippen MR) is 109 cm³/mol. The van der Waals surface area contributed by atoms with Crippen molar-refractivity contribution in [2.75, 3.05) is 7.11 Å². The minimum absolute atomic E-state index is 0.217. The molecule has 0 saturated carbocycles. The molecule has 1 heterocycles. The van der Waals surface area contributed by atoms with Crippen LogP contribution in [0.3, 0.4) is 0 Å². The quantitative estimate of drug-likeness (QED) is 0.642. The Labute approximate surface area is 170 Å². The summed E-state index contributed by atoms with van der Waals surface area (Å²) in [6.45, 7) is 0.217. The third-order valence-corrected chi connectivity index (χ3v) is 4.95. The number of ether oxygens (including phenoxy) is 3. The molecule has 4 rings (SSSR count). The average Bonchev–Trinajstić information content (AvgIpc) is 3.24. The minimum atomic E-state index is -0.742.